The van der Waals surface area contributed by atoms with E-state index in [-0.39, 0.29) is 5.75 Å². The zero-order valence-corrected chi connectivity index (χ0v) is 10.1. The van der Waals surface area contributed by atoms with Gasteiger partial charge in [-0.25, -0.2) is 0 Å². The molecule has 1 aromatic carbocycles. The van der Waals surface area contributed by atoms with Crippen molar-refractivity contribution in [2.45, 2.75) is 19.3 Å². The number of aromatic hydroxyl groups is 1. The Kier molecular flexibility index (Phi) is 2.98. The van der Waals surface area contributed by atoms with Gasteiger partial charge in [0.1, 0.15) is 11.2 Å². The molecular weight excluding hydrogens is 234 g/mol. The summed E-state index contributed by atoms with van der Waals surface area (Å²) in [6, 6.07) is 6.21. The third-order valence-electron chi connectivity index (χ3n) is 3.55. The predicted octanol–water partition coefficient (Wildman–Crippen LogP) is 1.61. The zero-order chi connectivity index (χ0) is 13.3. The van der Waals surface area contributed by atoms with E-state index in [2.05, 4.69) is 0 Å². The first-order valence-electron chi connectivity index (χ1n) is 5.78. The van der Waals surface area contributed by atoms with Crippen molar-refractivity contribution >= 4 is 17.6 Å². The van der Waals surface area contributed by atoms with Gasteiger partial charge in [-0.3, -0.25) is 9.59 Å². The number of nitrogens with zero attached hydrogens (tertiary/aromatic N) is 1. The summed E-state index contributed by atoms with van der Waals surface area (Å²) in [6.07, 6.45) is 1.51. The van der Waals surface area contributed by atoms with Gasteiger partial charge in [0.25, 0.3) is 0 Å². The molecule has 0 bridgehead atoms. The highest BCUT2D eigenvalue weighted by atomic mass is 16.4. The van der Waals surface area contributed by atoms with Crippen LogP contribution in [0.3, 0.4) is 0 Å². The lowest BCUT2D eigenvalue weighted by molar-refractivity contribution is -0.160. The molecule has 2 N–H and O–H groups in total. The molecule has 0 radical (unpaired) electrons. The van der Waals surface area contributed by atoms with Crippen LogP contribution in [0.1, 0.15) is 19.3 Å². The lowest BCUT2D eigenvalue weighted by atomic mass is 9.68. The molecule has 18 heavy (non-hydrogen) atoms. The maximum Gasteiger partial charge on any atom is 0.319 e. The van der Waals surface area contributed by atoms with Gasteiger partial charge in [0.05, 0.1) is 0 Å². The van der Waals surface area contributed by atoms with Crippen molar-refractivity contribution in [2.75, 3.05) is 11.9 Å². The molecule has 5 heteroatoms. The van der Waals surface area contributed by atoms with Gasteiger partial charge in [-0.15, -0.1) is 0 Å². The Bertz CT molecular complexity index is 494. The fraction of sp³-hybridized carbons (Fsp3) is 0.385. The Hall–Kier alpha value is -2.04. The van der Waals surface area contributed by atoms with Crippen molar-refractivity contribution in [3.05, 3.63) is 24.3 Å². The fourth-order valence-electron chi connectivity index (χ4n) is 2.19. The molecule has 0 aliphatic heterocycles. The van der Waals surface area contributed by atoms with E-state index < -0.39 is 17.3 Å². The smallest absolute Gasteiger partial charge is 0.319 e. The van der Waals surface area contributed by atoms with Gasteiger partial charge in [-0.1, -0.05) is 12.5 Å². The average Bonchev–Trinajstić information content (AvgIpc) is 2.25. The fourth-order valence-corrected chi connectivity index (χ4v) is 2.19. The van der Waals surface area contributed by atoms with Crippen molar-refractivity contribution in [3.63, 3.8) is 0 Å². The molecule has 1 aliphatic carbocycles. The minimum Gasteiger partial charge on any atom is -0.508 e. The summed E-state index contributed by atoms with van der Waals surface area (Å²) in [7, 11) is 1.53. The van der Waals surface area contributed by atoms with Crippen LogP contribution in [0.2, 0.25) is 0 Å². The number of aliphatic carboxylic acids is 1. The van der Waals surface area contributed by atoms with Gasteiger partial charge in [0, 0.05) is 18.8 Å². The number of carbonyl (C=O) groups excluding carboxylic acids is 1. The van der Waals surface area contributed by atoms with E-state index >= 15 is 0 Å². The molecule has 0 saturated heterocycles. The van der Waals surface area contributed by atoms with Crippen molar-refractivity contribution in [3.8, 4) is 5.75 Å². The second kappa shape index (κ2) is 4.33. The van der Waals surface area contributed by atoms with Gasteiger partial charge in [-0.2, -0.15) is 0 Å². The molecule has 0 spiro atoms. The van der Waals surface area contributed by atoms with E-state index in [0.717, 1.165) is 6.42 Å². The molecule has 0 heterocycles. The third kappa shape index (κ3) is 1.81. The van der Waals surface area contributed by atoms with Gasteiger partial charge in [0.15, 0.2) is 0 Å². The molecule has 1 aromatic rings. The number of hydrogen-bond donors (Lipinski definition) is 2. The topological polar surface area (TPSA) is 77.8 Å². The van der Waals surface area contributed by atoms with Crippen molar-refractivity contribution in [1.29, 1.82) is 0 Å². The van der Waals surface area contributed by atoms with Gasteiger partial charge in [-0.05, 0) is 25.0 Å². The van der Waals surface area contributed by atoms with Crippen molar-refractivity contribution in [1.82, 2.24) is 0 Å². The molecular formula is C13H15NO4. The largest absolute Gasteiger partial charge is 0.508 e. The number of carboxylic acid groups (broad SMARTS) is 1. The first-order chi connectivity index (χ1) is 8.47. The monoisotopic (exact) mass is 249 g/mol. The second-order valence-corrected chi connectivity index (χ2v) is 4.62. The molecule has 1 aliphatic rings. The summed E-state index contributed by atoms with van der Waals surface area (Å²) >= 11 is 0. The first-order valence-corrected chi connectivity index (χ1v) is 5.78. The molecule has 1 saturated carbocycles. The van der Waals surface area contributed by atoms with Gasteiger partial charge >= 0.3 is 5.97 Å². The average molecular weight is 249 g/mol. The van der Waals surface area contributed by atoms with Crippen LogP contribution in [0, 0.1) is 5.41 Å². The minimum absolute atomic E-state index is 0.0464. The molecule has 0 aromatic heterocycles. The highest BCUT2D eigenvalue weighted by Gasteiger charge is 2.52. The maximum atomic E-state index is 12.3. The predicted molar refractivity (Wildman–Crippen MR) is 65.4 cm³/mol. The third-order valence-corrected chi connectivity index (χ3v) is 3.55. The summed E-state index contributed by atoms with van der Waals surface area (Å²) in [4.78, 5) is 24.8. The van der Waals surface area contributed by atoms with E-state index in [9.17, 15) is 19.8 Å². The van der Waals surface area contributed by atoms with Crippen LogP contribution in [-0.2, 0) is 9.59 Å². The van der Waals surface area contributed by atoms with Crippen molar-refractivity contribution < 1.29 is 19.8 Å². The summed E-state index contributed by atoms with van der Waals surface area (Å²) in [5.41, 5.74) is -0.784. The van der Waals surface area contributed by atoms with Gasteiger partial charge < -0.3 is 15.1 Å². The number of carbonyl (C=O) groups is 2. The van der Waals surface area contributed by atoms with Crippen LogP contribution in [0.25, 0.3) is 0 Å². The molecule has 96 valence electrons. The van der Waals surface area contributed by atoms with Crippen LogP contribution in [0.4, 0.5) is 5.69 Å². The lowest BCUT2D eigenvalue weighted by Gasteiger charge is -2.38. The quantitative estimate of drug-likeness (QED) is 0.798. The maximum absolute atomic E-state index is 12.3. The summed E-state index contributed by atoms with van der Waals surface area (Å²) in [5.74, 6) is -1.44. The number of anilines is 1. The minimum atomic E-state index is -1.28. The Morgan fingerprint density at radius 1 is 1.33 bits per heavy atom. The van der Waals surface area contributed by atoms with Gasteiger partial charge in [0.2, 0.25) is 5.91 Å². The normalized spacial score (nSPS) is 16.7. The molecule has 1 fully saturated rings. The van der Waals surface area contributed by atoms with E-state index in [4.69, 9.17) is 0 Å². The molecule has 2 rings (SSSR count). The Balaban J connectivity index is 2.26. The summed E-state index contributed by atoms with van der Waals surface area (Å²) in [5, 5.41) is 18.6. The summed E-state index contributed by atoms with van der Waals surface area (Å²) < 4.78 is 0. The number of rotatable bonds is 3. The zero-order valence-electron chi connectivity index (χ0n) is 10.1. The SMILES string of the molecule is CN(C(=O)C1(C(=O)O)CCC1)c1cccc(O)c1. The van der Waals surface area contributed by atoms with Crippen molar-refractivity contribution in [2.24, 2.45) is 5.41 Å². The van der Waals surface area contributed by atoms with Crippen LogP contribution in [0.15, 0.2) is 24.3 Å². The summed E-state index contributed by atoms with van der Waals surface area (Å²) in [6.45, 7) is 0. The van der Waals surface area contributed by atoms with Crippen LogP contribution in [-0.4, -0.2) is 29.1 Å². The van der Waals surface area contributed by atoms with E-state index in [1.807, 2.05) is 0 Å². The van der Waals surface area contributed by atoms with Crippen LogP contribution in [0.5, 0.6) is 5.75 Å². The number of benzene rings is 1. The number of hydrogen-bond acceptors (Lipinski definition) is 3. The van der Waals surface area contributed by atoms with E-state index in [1.54, 1.807) is 12.1 Å². The number of amides is 1. The van der Waals surface area contributed by atoms with E-state index in [1.165, 1.54) is 24.1 Å². The second-order valence-electron chi connectivity index (χ2n) is 4.62. The molecule has 0 atom stereocenters. The van der Waals surface area contributed by atoms with Crippen LogP contribution < -0.4 is 4.90 Å². The Labute approximate surface area is 105 Å². The number of phenols is 1. The number of phenolic OH excluding ortho intramolecular Hbond substituents is 1. The Morgan fingerprint density at radius 3 is 2.44 bits per heavy atom. The number of carboxylic acids is 1. The van der Waals surface area contributed by atoms with Crippen LogP contribution >= 0.6 is 0 Å². The highest BCUT2D eigenvalue weighted by Crippen LogP contribution is 2.43. The van der Waals surface area contributed by atoms with E-state index in [0.29, 0.717) is 18.5 Å². The standard InChI is InChI=1S/C13H15NO4/c1-14(9-4-2-5-10(15)8-9)11(16)13(12(17)18)6-3-7-13/h2,4-5,8,15H,3,6-7H2,1H3,(H,17,18). The Morgan fingerprint density at radius 2 is 2.00 bits per heavy atom. The molecule has 5 nitrogen and oxygen atoms in total. The first kappa shape index (κ1) is 12.4. The highest BCUT2D eigenvalue weighted by molar-refractivity contribution is 6.10. The molecule has 1 amide bonds. The molecule has 0 unspecified atom stereocenters. The lowest BCUT2D eigenvalue weighted by Crippen LogP contribution is -2.51.